The van der Waals surface area contributed by atoms with Crippen molar-refractivity contribution in [3.8, 4) is 11.6 Å². The normalized spacial score (nSPS) is 18.2. The number of nitrogens with zero attached hydrogens (tertiary/aromatic N) is 4. The number of anilines is 1. The number of benzene rings is 1. The lowest BCUT2D eigenvalue weighted by molar-refractivity contribution is 0.472. The van der Waals surface area contributed by atoms with Gasteiger partial charge in [0.05, 0.1) is 17.4 Å². The quantitative estimate of drug-likeness (QED) is 0.469. The molecule has 1 aromatic carbocycles. The maximum Gasteiger partial charge on any atom is 0.174 e. The Labute approximate surface area is 185 Å². The van der Waals surface area contributed by atoms with Crippen LogP contribution in [0.15, 0.2) is 85.3 Å². The molecule has 0 unspecified atom stereocenters. The highest BCUT2D eigenvalue weighted by Gasteiger charge is 2.43. The third-order valence-corrected chi connectivity index (χ3v) is 5.78. The van der Waals surface area contributed by atoms with Gasteiger partial charge in [0.25, 0.3) is 0 Å². The lowest BCUT2D eigenvalue weighted by Gasteiger charge is -2.29. The minimum absolute atomic E-state index is 0.171. The molecule has 7 heteroatoms. The first-order valence-electron chi connectivity index (χ1n) is 10.0. The summed E-state index contributed by atoms with van der Waals surface area (Å²) >= 11 is 5.74. The summed E-state index contributed by atoms with van der Waals surface area (Å²) in [6.07, 6.45) is 5.63. The molecule has 6 nitrogen and oxygen atoms in total. The molecule has 154 valence electrons. The Kier molecular flexibility index (Phi) is 4.88. The van der Waals surface area contributed by atoms with Crippen molar-refractivity contribution in [3.05, 3.63) is 102 Å². The molecule has 1 aliphatic heterocycles. The number of aryl methyl sites for hydroxylation is 1. The van der Waals surface area contributed by atoms with Gasteiger partial charge in [-0.3, -0.25) is 4.98 Å². The minimum atomic E-state index is -0.242. The summed E-state index contributed by atoms with van der Waals surface area (Å²) in [7, 11) is 0. The Balaban J connectivity index is 1.68. The average Bonchev–Trinajstić information content (AvgIpc) is 3.40. The van der Waals surface area contributed by atoms with E-state index >= 15 is 0 Å². The van der Waals surface area contributed by atoms with Gasteiger partial charge in [-0.05, 0) is 67.2 Å². The Morgan fingerprint density at radius 3 is 2.55 bits per heavy atom. The number of hydrogen-bond acceptors (Lipinski definition) is 4. The fourth-order valence-corrected chi connectivity index (χ4v) is 4.37. The van der Waals surface area contributed by atoms with E-state index in [-0.39, 0.29) is 17.8 Å². The van der Waals surface area contributed by atoms with Gasteiger partial charge in [0.15, 0.2) is 5.11 Å². The van der Waals surface area contributed by atoms with Crippen molar-refractivity contribution in [2.24, 2.45) is 0 Å². The van der Waals surface area contributed by atoms with Crippen molar-refractivity contribution >= 4 is 23.0 Å². The number of phenols is 1. The van der Waals surface area contributed by atoms with Gasteiger partial charge in [0.2, 0.25) is 0 Å². The van der Waals surface area contributed by atoms with E-state index in [1.807, 2.05) is 72.7 Å². The third kappa shape index (κ3) is 3.43. The summed E-state index contributed by atoms with van der Waals surface area (Å²) in [5.41, 5.74) is 3.61. The number of hydrogen-bond donors (Lipinski definition) is 2. The van der Waals surface area contributed by atoms with E-state index in [9.17, 15) is 5.11 Å². The number of aromatic hydroxyl groups is 1. The molecule has 1 aliphatic rings. The van der Waals surface area contributed by atoms with E-state index in [0.29, 0.717) is 10.8 Å². The van der Waals surface area contributed by atoms with Crippen LogP contribution in [0.2, 0.25) is 0 Å². The number of rotatable bonds is 4. The lowest BCUT2D eigenvalue weighted by Crippen LogP contribution is -2.30. The smallest absolute Gasteiger partial charge is 0.174 e. The molecule has 4 heterocycles. The van der Waals surface area contributed by atoms with Gasteiger partial charge in [-0.25, -0.2) is 4.98 Å². The fraction of sp³-hybridized carbons (Fsp3) is 0.125. The predicted octanol–water partition coefficient (Wildman–Crippen LogP) is 4.46. The van der Waals surface area contributed by atoms with Gasteiger partial charge in [0, 0.05) is 24.3 Å². The molecule has 1 saturated heterocycles. The summed E-state index contributed by atoms with van der Waals surface area (Å²) < 4.78 is 2.06. The van der Waals surface area contributed by atoms with Crippen molar-refractivity contribution < 1.29 is 5.11 Å². The first kappa shape index (κ1) is 19.3. The van der Waals surface area contributed by atoms with Crippen LogP contribution in [0.5, 0.6) is 5.75 Å². The Morgan fingerprint density at radius 2 is 1.81 bits per heavy atom. The predicted molar refractivity (Wildman–Crippen MR) is 124 cm³/mol. The molecule has 2 atom stereocenters. The van der Waals surface area contributed by atoms with Crippen LogP contribution in [0.3, 0.4) is 0 Å². The fourth-order valence-electron chi connectivity index (χ4n) is 4.03. The van der Waals surface area contributed by atoms with Gasteiger partial charge in [0.1, 0.15) is 17.6 Å². The number of aromatic nitrogens is 3. The third-order valence-electron chi connectivity index (χ3n) is 5.47. The van der Waals surface area contributed by atoms with Crippen LogP contribution < -0.4 is 10.2 Å². The maximum absolute atomic E-state index is 10.6. The molecule has 0 bridgehead atoms. The zero-order valence-electron chi connectivity index (χ0n) is 16.9. The molecule has 0 radical (unpaired) electrons. The van der Waals surface area contributed by atoms with E-state index in [4.69, 9.17) is 12.2 Å². The van der Waals surface area contributed by atoms with E-state index in [1.165, 1.54) is 0 Å². The maximum atomic E-state index is 10.6. The highest BCUT2D eigenvalue weighted by atomic mass is 32.1. The molecule has 3 aromatic heterocycles. The number of pyridine rings is 2. The van der Waals surface area contributed by atoms with Crippen LogP contribution in [0.25, 0.3) is 5.82 Å². The molecule has 0 aliphatic carbocycles. The standard InChI is InChI=1S/C24H21N5OS/c1-16-11-12-21(26-15-16)28-14-6-9-19(28)23-22(17-7-4-5-13-25-17)27-24(31)29(23)18-8-2-3-10-20(18)30/h2-15,22-23,30H,1H3,(H,27,31)/t22-,23+/m1/s1. The number of nitrogens with one attached hydrogen (secondary N) is 1. The van der Waals surface area contributed by atoms with Crippen LogP contribution in [0.1, 0.15) is 29.0 Å². The van der Waals surface area contributed by atoms with Crippen molar-refractivity contribution in [3.63, 3.8) is 0 Å². The second-order valence-electron chi connectivity index (χ2n) is 7.48. The summed E-state index contributed by atoms with van der Waals surface area (Å²) in [6.45, 7) is 2.02. The summed E-state index contributed by atoms with van der Waals surface area (Å²) in [6, 6.07) is 20.7. The van der Waals surface area contributed by atoms with Gasteiger partial charge < -0.3 is 19.9 Å². The van der Waals surface area contributed by atoms with Crippen LogP contribution >= 0.6 is 12.2 Å². The van der Waals surface area contributed by atoms with E-state index in [1.54, 1.807) is 18.3 Å². The average molecular weight is 428 g/mol. The molecule has 5 rings (SSSR count). The Bertz CT molecular complexity index is 1220. The van der Waals surface area contributed by atoms with E-state index in [2.05, 4.69) is 25.9 Å². The molecule has 0 spiro atoms. The van der Waals surface area contributed by atoms with E-state index < -0.39 is 0 Å². The molecule has 0 saturated carbocycles. The SMILES string of the molecule is Cc1ccc(-n2cccc2[C@H]2[C@@H](c3ccccn3)NC(=S)N2c2ccccc2O)nc1. The molecule has 2 N–H and O–H groups in total. The van der Waals surface area contributed by atoms with Crippen molar-refractivity contribution in [1.82, 2.24) is 19.9 Å². The van der Waals surface area contributed by atoms with Crippen LogP contribution in [-0.4, -0.2) is 24.8 Å². The molecular formula is C24H21N5OS. The topological polar surface area (TPSA) is 66.2 Å². The highest BCUT2D eigenvalue weighted by molar-refractivity contribution is 7.80. The molecule has 0 amide bonds. The number of para-hydroxylation sites is 2. The van der Waals surface area contributed by atoms with Crippen LogP contribution in [-0.2, 0) is 0 Å². The zero-order chi connectivity index (χ0) is 21.4. The molecular weight excluding hydrogens is 406 g/mol. The summed E-state index contributed by atoms with van der Waals surface area (Å²) in [4.78, 5) is 11.2. The number of phenolic OH excluding ortho intramolecular Hbond substituents is 1. The number of thiocarbonyl (C=S) groups is 1. The largest absolute Gasteiger partial charge is 0.506 e. The zero-order valence-corrected chi connectivity index (χ0v) is 17.7. The first-order valence-corrected chi connectivity index (χ1v) is 10.4. The molecule has 1 fully saturated rings. The summed E-state index contributed by atoms with van der Waals surface area (Å²) in [5.74, 6) is 0.991. The molecule has 31 heavy (non-hydrogen) atoms. The van der Waals surface area contributed by atoms with Gasteiger partial charge in [-0.15, -0.1) is 0 Å². The monoisotopic (exact) mass is 427 g/mol. The van der Waals surface area contributed by atoms with Gasteiger partial charge >= 0.3 is 0 Å². The summed E-state index contributed by atoms with van der Waals surface area (Å²) in [5, 5.41) is 14.6. The second kappa shape index (κ2) is 7.85. The Hall–Kier alpha value is -3.71. The van der Waals surface area contributed by atoms with Gasteiger partial charge in [-0.1, -0.05) is 24.3 Å². The van der Waals surface area contributed by atoms with Crippen molar-refractivity contribution in [2.75, 3.05) is 4.90 Å². The van der Waals surface area contributed by atoms with Crippen molar-refractivity contribution in [2.45, 2.75) is 19.0 Å². The first-order chi connectivity index (χ1) is 15.1. The Morgan fingerprint density at radius 1 is 0.968 bits per heavy atom. The molecule has 4 aromatic rings. The highest BCUT2D eigenvalue weighted by Crippen LogP contribution is 2.44. The van der Waals surface area contributed by atoms with Crippen LogP contribution in [0, 0.1) is 6.92 Å². The lowest BCUT2D eigenvalue weighted by atomic mass is 10.0. The van der Waals surface area contributed by atoms with Crippen LogP contribution in [0.4, 0.5) is 5.69 Å². The second-order valence-corrected chi connectivity index (χ2v) is 7.87. The van der Waals surface area contributed by atoms with E-state index in [0.717, 1.165) is 22.8 Å². The van der Waals surface area contributed by atoms with Crippen molar-refractivity contribution in [1.29, 1.82) is 0 Å². The van der Waals surface area contributed by atoms with Gasteiger partial charge in [-0.2, -0.15) is 0 Å². The minimum Gasteiger partial charge on any atom is -0.506 e.